The summed E-state index contributed by atoms with van der Waals surface area (Å²) in [4.78, 5) is 8.16. The number of hydrogen-bond acceptors (Lipinski definition) is 5. The smallest absolute Gasteiger partial charge is 0.162 e. The molecule has 2 N–H and O–H groups in total. The van der Waals surface area contributed by atoms with Crippen molar-refractivity contribution in [2.45, 2.75) is 25.9 Å². The number of hydrogen-bond donors (Lipinski definition) is 1. The van der Waals surface area contributed by atoms with Gasteiger partial charge in [-0.2, -0.15) is 5.26 Å². The fourth-order valence-electron chi connectivity index (χ4n) is 1.13. The zero-order chi connectivity index (χ0) is 11.5. The molecule has 80 valence electrons. The molecule has 5 nitrogen and oxygen atoms in total. The highest BCUT2D eigenvalue weighted by atomic mass is 16.5. The Balaban J connectivity index is 3.18. The Hall–Kier alpha value is -1.67. The summed E-state index contributed by atoms with van der Waals surface area (Å²) in [6.45, 7) is 3.86. The minimum atomic E-state index is -0.553. The second kappa shape index (κ2) is 4.24. The number of rotatable bonds is 3. The molecule has 0 aliphatic heterocycles. The number of methoxy groups -OCH3 is 1. The molecule has 0 saturated carbocycles. The summed E-state index contributed by atoms with van der Waals surface area (Å²) in [5, 5.41) is 8.69. The van der Waals surface area contributed by atoms with Gasteiger partial charge in [0.15, 0.2) is 5.82 Å². The average molecular weight is 206 g/mol. The van der Waals surface area contributed by atoms with Crippen LogP contribution in [0.4, 0.5) is 5.82 Å². The third kappa shape index (κ3) is 2.05. The maximum atomic E-state index is 8.69. The van der Waals surface area contributed by atoms with E-state index < -0.39 is 5.60 Å². The van der Waals surface area contributed by atoms with Crippen LogP contribution < -0.4 is 5.73 Å². The second-order valence-electron chi connectivity index (χ2n) is 3.39. The van der Waals surface area contributed by atoms with E-state index in [1.54, 1.807) is 7.11 Å². The Labute approximate surface area is 88.9 Å². The first-order chi connectivity index (χ1) is 7.07. The van der Waals surface area contributed by atoms with Crippen LogP contribution in [0.25, 0.3) is 0 Å². The van der Waals surface area contributed by atoms with Gasteiger partial charge in [0.25, 0.3) is 0 Å². The molecule has 1 aromatic rings. The first kappa shape index (κ1) is 11.4. The van der Waals surface area contributed by atoms with E-state index in [2.05, 4.69) is 9.97 Å². The molecule has 1 heterocycles. The molecule has 0 aromatic carbocycles. The minimum Gasteiger partial charge on any atom is -0.382 e. The van der Waals surface area contributed by atoms with Gasteiger partial charge in [-0.3, -0.25) is 0 Å². The molecule has 15 heavy (non-hydrogen) atoms. The maximum absolute atomic E-state index is 8.69. The molecule has 0 amide bonds. The highest BCUT2D eigenvalue weighted by Crippen LogP contribution is 2.25. The first-order valence-corrected chi connectivity index (χ1v) is 4.65. The Morgan fingerprint density at radius 3 is 2.73 bits per heavy atom. The Morgan fingerprint density at radius 1 is 1.67 bits per heavy atom. The molecule has 0 radical (unpaired) electrons. The summed E-state index contributed by atoms with van der Waals surface area (Å²) < 4.78 is 5.34. The number of nitrogens with two attached hydrogens (primary N) is 1. The van der Waals surface area contributed by atoms with E-state index in [1.165, 1.54) is 6.20 Å². The van der Waals surface area contributed by atoms with Crippen molar-refractivity contribution < 1.29 is 4.74 Å². The van der Waals surface area contributed by atoms with E-state index in [-0.39, 0.29) is 11.4 Å². The zero-order valence-electron chi connectivity index (χ0n) is 9.11. The number of nitrogens with zero attached hydrogens (tertiary/aromatic N) is 3. The van der Waals surface area contributed by atoms with E-state index >= 15 is 0 Å². The van der Waals surface area contributed by atoms with Crippen LogP contribution >= 0.6 is 0 Å². The van der Waals surface area contributed by atoms with Crippen molar-refractivity contribution in [1.29, 1.82) is 5.26 Å². The van der Waals surface area contributed by atoms with Crippen LogP contribution in [0.15, 0.2) is 6.20 Å². The van der Waals surface area contributed by atoms with Gasteiger partial charge in [-0.25, -0.2) is 9.97 Å². The molecule has 0 aliphatic rings. The molecule has 1 rings (SSSR count). The fraction of sp³-hybridized carbons (Fsp3) is 0.500. The third-order valence-corrected chi connectivity index (χ3v) is 2.54. The van der Waals surface area contributed by atoms with Gasteiger partial charge in [0.2, 0.25) is 0 Å². The Bertz CT molecular complexity index is 393. The highest BCUT2D eigenvalue weighted by molar-refractivity contribution is 5.46. The molecular weight excluding hydrogens is 192 g/mol. The lowest BCUT2D eigenvalue weighted by molar-refractivity contribution is -0.00887. The zero-order valence-corrected chi connectivity index (χ0v) is 9.11. The van der Waals surface area contributed by atoms with E-state index in [1.807, 2.05) is 19.9 Å². The van der Waals surface area contributed by atoms with E-state index in [9.17, 15) is 0 Å². The molecule has 0 fully saturated rings. The van der Waals surface area contributed by atoms with Gasteiger partial charge in [-0.1, -0.05) is 6.92 Å². The lowest BCUT2D eigenvalue weighted by Gasteiger charge is -2.24. The molecule has 0 saturated heterocycles. The molecule has 1 aromatic heterocycles. The summed E-state index contributed by atoms with van der Waals surface area (Å²) in [6.07, 6.45) is 2.15. The topological polar surface area (TPSA) is 84.8 Å². The van der Waals surface area contributed by atoms with Crippen LogP contribution in [-0.4, -0.2) is 17.1 Å². The standard InChI is InChI=1S/C10H14N4O/c1-4-10(2,15-3)9-13-6-7(5-11)8(12)14-9/h6H,4H2,1-3H3,(H2,12,13,14). The van der Waals surface area contributed by atoms with E-state index in [0.717, 1.165) is 6.42 Å². The SMILES string of the molecule is CCC(C)(OC)c1ncc(C#N)c(N)n1. The number of anilines is 1. The lowest BCUT2D eigenvalue weighted by Crippen LogP contribution is -2.26. The fourth-order valence-corrected chi connectivity index (χ4v) is 1.13. The van der Waals surface area contributed by atoms with Crippen molar-refractivity contribution >= 4 is 5.82 Å². The quantitative estimate of drug-likeness (QED) is 0.803. The second-order valence-corrected chi connectivity index (χ2v) is 3.39. The van der Waals surface area contributed by atoms with E-state index in [4.69, 9.17) is 15.7 Å². The summed E-state index contributed by atoms with van der Waals surface area (Å²) in [5.41, 5.74) is 5.34. The summed E-state index contributed by atoms with van der Waals surface area (Å²) in [7, 11) is 1.60. The van der Waals surface area contributed by atoms with Crippen molar-refractivity contribution in [3.63, 3.8) is 0 Å². The van der Waals surface area contributed by atoms with Crippen molar-refractivity contribution in [3.8, 4) is 6.07 Å². The number of aromatic nitrogens is 2. The van der Waals surface area contributed by atoms with Crippen LogP contribution in [0.3, 0.4) is 0 Å². The largest absolute Gasteiger partial charge is 0.382 e. The summed E-state index contributed by atoms with van der Waals surface area (Å²) in [5.74, 6) is 0.697. The van der Waals surface area contributed by atoms with Gasteiger partial charge in [0.1, 0.15) is 23.1 Å². The average Bonchev–Trinajstić information content (AvgIpc) is 2.28. The minimum absolute atomic E-state index is 0.194. The van der Waals surface area contributed by atoms with Gasteiger partial charge in [-0.05, 0) is 13.3 Å². The van der Waals surface area contributed by atoms with Crippen LogP contribution in [0.1, 0.15) is 31.7 Å². The van der Waals surface area contributed by atoms with Gasteiger partial charge < -0.3 is 10.5 Å². The number of nitrogen functional groups attached to an aromatic ring is 1. The van der Waals surface area contributed by atoms with Crippen molar-refractivity contribution in [2.75, 3.05) is 12.8 Å². The van der Waals surface area contributed by atoms with Crippen LogP contribution in [0, 0.1) is 11.3 Å². The van der Waals surface area contributed by atoms with Gasteiger partial charge in [-0.15, -0.1) is 0 Å². The Morgan fingerprint density at radius 2 is 2.33 bits per heavy atom. The molecule has 0 aliphatic carbocycles. The highest BCUT2D eigenvalue weighted by Gasteiger charge is 2.27. The van der Waals surface area contributed by atoms with E-state index in [0.29, 0.717) is 5.82 Å². The molecule has 5 heteroatoms. The molecule has 1 atom stereocenters. The van der Waals surface area contributed by atoms with Crippen LogP contribution in [-0.2, 0) is 10.3 Å². The third-order valence-electron chi connectivity index (χ3n) is 2.54. The maximum Gasteiger partial charge on any atom is 0.162 e. The van der Waals surface area contributed by atoms with Crippen molar-refractivity contribution in [2.24, 2.45) is 0 Å². The Kier molecular flexibility index (Phi) is 3.22. The lowest BCUT2D eigenvalue weighted by atomic mass is 10.0. The number of ether oxygens (including phenoxy) is 1. The van der Waals surface area contributed by atoms with Gasteiger partial charge in [0, 0.05) is 7.11 Å². The van der Waals surface area contributed by atoms with Crippen LogP contribution in [0.2, 0.25) is 0 Å². The van der Waals surface area contributed by atoms with Gasteiger partial charge in [0.05, 0.1) is 6.20 Å². The van der Waals surface area contributed by atoms with Crippen molar-refractivity contribution in [1.82, 2.24) is 9.97 Å². The monoisotopic (exact) mass is 206 g/mol. The predicted octanol–water partition coefficient (Wildman–Crippen LogP) is 1.20. The summed E-state index contributed by atoms with van der Waals surface area (Å²) >= 11 is 0. The molecule has 0 bridgehead atoms. The molecule has 0 spiro atoms. The van der Waals surface area contributed by atoms with Gasteiger partial charge >= 0.3 is 0 Å². The molecule has 1 unspecified atom stereocenters. The van der Waals surface area contributed by atoms with Crippen LogP contribution in [0.5, 0.6) is 0 Å². The first-order valence-electron chi connectivity index (χ1n) is 4.65. The van der Waals surface area contributed by atoms with Crippen molar-refractivity contribution in [3.05, 3.63) is 17.6 Å². The summed E-state index contributed by atoms with van der Waals surface area (Å²) in [6, 6.07) is 1.92. The normalized spacial score (nSPS) is 14.3. The predicted molar refractivity (Wildman–Crippen MR) is 55.8 cm³/mol. The molecular formula is C10H14N4O. The number of nitriles is 1.